The fraction of sp³-hybridized carbons (Fsp3) is 0.588. The van der Waals surface area contributed by atoms with Gasteiger partial charge in [0.1, 0.15) is 0 Å². The van der Waals surface area contributed by atoms with Crippen molar-refractivity contribution in [2.24, 2.45) is 0 Å². The van der Waals surface area contributed by atoms with Crippen molar-refractivity contribution in [3.8, 4) is 0 Å². The molecule has 114 valence electrons. The van der Waals surface area contributed by atoms with Crippen LogP contribution in [0.1, 0.15) is 44.1 Å². The molecule has 0 spiro atoms. The quantitative estimate of drug-likeness (QED) is 0.875. The van der Waals surface area contributed by atoms with Gasteiger partial charge in [0.2, 0.25) is 5.91 Å². The molecular formula is C17H23BrN2O. The van der Waals surface area contributed by atoms with Crippen molar-refractivity contribution in [1.29, 1.82) is 0 Å². The Morgan fingerprint density at radius 3 is 2.57 bits per heavy atom. The molecule has 1 aromatic carbocycles. The van der Waals surface area contributed by atoms with Crippen LogP contribution in [-0.4, -0.2) is 25.0 Å². The Morgan fingerprint density at radius 1 is 1.24 bits per heavy atom. The van der Waals surface area contributed by atoms with Crippen LogP contribution >= 0.6 is 15.9 Å². The molecule has 2 N–H and O–H groups in total. The Hall–Kier alpha value is -0.870. The van der Waals surface area contributed by atoms with Crippen LogP contribution in [0.25, 0.3) is 0 Å². The maximum Gasteiger partial charge on any atom is 0.237 e. The van der Waals surface area contributed by atoms with Crippen molar-refractivity contribution >= 4 is 21.8 Å². The highest BCUT2D eigenvalue weighted by atomic mass is 79.9. The van der Waals surface area contributed by atoms with E-state index in [2.05, 4.69) is 50.8 Å². The standard InChI is InChI=1S/C17H23BrN2O/c18-14-7-5-13(6-8-14)17(9-3-10-17)12-20-16(21)15-4-1-2-11-19-15/h5-8,15,19H,1-4,9-12H2,(H,20,21). The van der Waals surface area contributed by atoms with Gasteiger partial charge in [0.25, 0.3) is 0 Å². The monoisotopic (exact) mass is 350 g/mol. The zero-order valence-electron chi connectivity index (χ0n) is 12.3. The molecule has 2 aliphatic rings. The molecule has 1 saturated heterocycles. The van der Waals surface area contributed by atoms with Gasteiger partial charge in [0.05, 0.1) is 6.04 Å². The lowest BCUT2D eigenvalue weighted by molar-refractivity contribution is -0.124. The van der Waals surface area contributed by atoms with Crippen LogP contribution in [0.3, 0.4) is 0 Å². The van der Waals surface area contributed by atoms with Crippen molar-refractivity contribution in [2.45, 2.75) is 50.0 Å². The van der Waals surface area contributed by atoms with E-state index in [1.165, 1.54) is 31.2 Å². The third kappa shape index (κ3) is 3.32. The first kappa shape index (κ1) is 15.0. The summed E-state index contributed by atoms with van der Waals surface area (Å²) in [6, 6.07) is 8.59. The first-order valence-electron chi connectivity index (χ1n) is 7.97. The fourth-order valence-corrected chi connectivity index (χ4v) is 3.69. The second-order valence-corrected chi connectivity index (χ2v) is 7.28. The predicted molar refractivity (Wildman–Crippen MR) is 88.3 cm³/mol. The normalized spacial score (nSPS) is 24.1. The van der Waals surface area contributed by atoms with Gasteiger partial charge in [0.15, 0.2) is 0 Å². The number of piperidine rings is 1. The van der Waals surface area contributed by atoms with Gasteiger partial charge in [-0.15, -0.1) is 0 Å². The van der Waals surface area contributed by atoms with Crippen LogP contribution in [-0.2, 0) is 10.2 Å². The molecule has 1 aromatic rings. The van der Waals surface area contributed by atoms with E-state index in [0.717, 1.165) is 30.4 Å². The minimum atomic E-state index is 0.0146. The van der Waals surface area contributed by atoms with Crippen molar-refractivity contribution in [3.63, 3.8) is 0 Å². The molecular weight excluding hydrogens is 328 g/mol. The molecule has 1 saturated carbocycles. The second kappa shape index (κ2) is 6.49. The fourth-order valence-electron chi connectivity index (χ4n) is 3.43. The van der Waals surface area contributed by atoms with Crippen LogP contribution in [0.2, 0.25) is 0 Å². The lowest BCUT2D eigenvalue weighted by Crippen LogP contribution is -2.51. The number of hydrogen-bond acceptors (Lipinski definition) is 2. The van der Waals surface area contributed by atoms with Gasteiger partial charge in [-0.1, -0.05) is 40.9 Å². The van der Waals surface area contributed by atoms with Gasteiger partial charge in [-0.05, 0) is 49.9 Å². The summed E-state index contributed by atoms with van der Waals surface area (Å²) >= 11 is 3.49. The second-order valence-electron chi connectivity index (χ2n) is 6.36. The average molecular weight is 351 g/mol. The summed E-state index contributed by atoms with van der Waals surface area (Å²) in [5.41, 5.74) is 1.51. The molecule has 4 heteroatoms. The van der Waals surface area contributed by atoms with E-state index in [1.807, 2.05) is 0 Å². The molecule has 1 atom stereocenters. The van der Waals surface area contributed by atoms with E-state index < -0.39 is 0 Å². The Balaban J connectivity index is 1.61. The molecule has 1 amide bonds. The van der Waals surface area contributed by atoms with Gasteiger partial charge in [0, 0.05) is 16.4 Å². The molecule has 2 fully saturated rings. The molecule has 1 aliphatic carbocycles. The molecule has 0 aromatic heterocycles. The van der Waals surface area contributed by atoms with Crippen LogP contribution < -0.4 is 10.6 Å². The smallest absolute Gasteiger partial charge is 0.237 e. The zero-order chi connectivity index (χ0) is 14.7. The summed E-state index contributed by atoms with van der Waals surface area (Å²) in [5.74, 6) is 0.179. The Morgan fingerprint density at radius 2 is 2.00 bits per heavy atom. The molecule has 1 unspecified atom stereocenters. The SMILES string of the molecule is O=C(NCC1(c2ccc(Br)cc2)CCC1)C1CCCCN1. The van der Waals surface area contributed by atoms with Gasteiger partial charge >= 0.3 is 0 Å². The summed E-state index contributed by atoms with van der Waals surface area (Å²) < 4.78 is 1.11. The Kier molecular flexibility index (Phi) is 4.65. The summed E-state index contributed by atoms with van der Waals surface area (Å²) in [4.78, 5) is 12.3. The highest BCUT2D eigenvalue weighted by Crippen LogP contribution is 2.43. The molecule has 1 heterocycles. The minimum Gasteiger partial charge on any atom is -0.354 e. The average Bonchev–Trinajstić information content (AvgIpc) is 2.48. The third-order valence-electron chi connectivity index (χ3n) is 5.00. The summed E-state index contributed by atoms with van der Waals surface area (Å²) in [5, 5.41) is 6.52. The first-order chi connectivity index (χ1) is 10.2. The number of amides is 1. The van der Waals surface area contributed by atoms with E-state index in [4.69, 9.17) is 0 Å². The summed E-state index contributed by atoms with van der Waals surface area (Å²) in [6.07, 6.45) is 6.92. The molecule has 0 radical (unpaired) electrons. The first-order valence-corrected chi connectivity index (χ1v) is 8.76. The number of rotatable bonds is 4. The molecule has 3 rings (SSSR count). The molecule has 1 aliphatic heterocycles. The Labute approximate surface area is 135 Å². The van der Waals surface area contributed by atoms with Crippen molar-refractivity contribution in [3.05, 3.63) is 34.3 Å². The van der Waals surface area contributed by atoms with E-state index >= 15 is 0 Å². The van der Waals surface area contributed by atoms with Crippen LogP contribution in [0, 0.1) is 0 Å². The van der Waals surface area contributed by atoms with Crippen LogP contribution in [0.4, 0.5) is 0 Å². The van der Waals surface area contributed by atoms with E-state index in [-0.39, 0.29) is 17.4 Å². The Bertz CT molecular complexity index is 490. The lowest BCUT2D eigenvalue weighted by atomic mass is 9.64. The maximum atomic E-state index is 12.3. The zero-order valence-corrected chi connectivity index (χ0v) is 13.9. The largest absolute Gasteiger partial charge is 0.354 e. The van der Waals surface area contributed by atoms with Crippen molar-refractivity contribution in [1.82, 2.24) is 10.6 Å². The predicted octanol–water partition coefficient (Wildman–Crippen LogP) is 3.13. The van der Waals surface area contributed by atoms with Crippen molar-refractivity contribution < 1.29 is 4.79 Å². The van der Waals surface area contributed by atoms with Crippen LogP contribution in [0.5, 0.6) is 0 Å². The number of carbonyl (C=O) groups is 1. The van der Waals surface area contributed by atoms with Crippen LogP contribution in [0.15, 0.2) is 28.7 Å². The van der Waals surface area contributed by atoms with Gasteiger partial charge in [-0.2, -0.15) is 0 Å². The van der Waals surface area contributed by atoms with E-state index in [1.54, 1.807) is 0 Å². The highest BCUT2D eigenvalue weighted by molar-refractivity contribution is 9.10. The maximum absolute atomic E-state index is 12.3. The number of carbonyl (C=O) groups excluding carboxylic acids is 1. The topological polar surface area (TPSA) is 41.1 Å². The molecule has 0 bridgehead atoms. The van der Waals surface area contributed by atoms with E-state index in [0.29, 0.717) is 0 Å². The number of nitrogens with one attached hydrogen (secondary N) is 2. The minimum absolute atomic E-state index is 0.0146. The molecule has 21 heavy (non-hydrogen) atoms. The highest BCUT2D eigenvalue weighted by Gasteiger charge is 2.39. The third-order valence-corrected chi connectivity index (χ3v) is 5.52. The number of hydrogen-bond donors (Lipinski definition) is 2. The van der Waals surface area contributed by atoms with Crippen molar-refractivity contribution in [2.75, 3.05) is 13.1 Å². The molecule has 3 nitrogen and oxygen atoms in total. The lowest BCUT2D eigenvalue weighted by Gasteiger charge is -2.43. The number of benzene rings is 1. The van der Waals surface area contributed by atoms with Gasteiger partial charge in [-0.3, -0.25) is 4.79 Å². The number of halogens is 1. The van der Waals surface area contributed by atoms with Gasteiger partial charge < -0.3 is 10.6 Å². The summed E-state index contributed by atoms with van der Waals surface area (Å²) in [7, 11) is 0. The van der Waals surface area contributed by atoms with E-state index in [9.17, 15) is 4.79 Å². The summed E-state index contributed by atoms with van der Waals surface area (Å²) in [6.45, 7) is 1.74. The van der Waals surface area contributed by atoms with Gasteiger partial charge in [-0.25, -0.2) is 0 Å².